The van der Waals surface area contributed by atoms with Crippen molar-refractivity contribution in [2.75, 3.05) is 11.9 Å². The quantitative estimate of drug-likeness (QED) is 0.934. The first-order chi connectivity index (χ1) is 10.7. The molecule has 2 aromatic rings. The first-order valence-corrected chi connectivity index (χ1v) is 7.79. The van der Waals surface area contributed by atoms with Crippen molar-refractivity contribution in [2.24, 2.45) is 0 Å². The van der Waals surface area contributed by atoms with E-state index < -0.39 is 0 Å². The Kier molecular flexibility index (Phi) is 4.37. The van der Waals surface area contributed by atoms with Crippen LogP contribution in [0.4, 0.5) is 11.5 Å². The Balaban J connectivity index is 1.74. The summed E-state index contributed by atoms with van der Waals surface area (Å²) in [6.45, 7) is 2.50. The summed E-state index contributed by atoms with van der Waals surface area (Å²) in [5.41, 5.74) is 2.14. The molecule has 3 rings (SSSR count). The Morgan fingerprint density at radius 1 is 1.18 bits per heavy atom. The molecule has 1 aliphatic rings. The second-order valence-corrected chi connectivity index (χ2v) is 5.69. The summed E-state index contributed by atoms with van der Waals surface area (Å²) in [5.74, 6) is 0.969. The van der Waals surface area contributed by atoms with Crippen molar-refractivity contribution in [3.8, 4) is 0 Å². The predicted octanol–water partition coefficient (Wildman–Crippen LogP) is 3.90. The molecular weight excluding hydrogens is 274 g/mol. The van der Waals surface area contributed by atoms with Crippen LogP contribution in [-0.4, -0.2) is 22.3 Å². The molecule has 114 valence electrons. The molecule has 0 unspecified atom stereocenters. The Labute approximate surface area is 131 Å². The van der Waals surface area contributed by atoms with Gasteiger partial charge in [-0.15, -0.1) is 0 Å². The fraction of sp³-hybridized carbons (Fsp3) is 0.333. The number of anilines is 2. The maximum atomic E-state index is 11.8. The van der Waals surface area contributed by atoms with E-state index in [-0.39, 0.29) is 11.9 Å². The van der Waals surface area contributed by atoms with Crippen LogP contribution in [0.2, 0.25) is 0 Å². The Hall–Kier alpha value is -2.36. The first kappa shape index (κ1) is 14.6. The number of rotatable bonds is 3. The highest BCUT2D eigenvalue weighted by Crippen LogP contribution is 2.31. The lowest BCUT2D eigenvalue weighted by atomic mass is 9.96. The van der Waals surface area contributed by atoms with Crippen molar-refractivity contribution in [1.29, 1.82) is 0 Å². The van der Waals surface area contributed by atoms with Gasteiger partial charge in [0.15, 0.2) is 0 Å². The number of pyridine rings is 1. The minimum absolute atomic E-state index is 0.149. The van der Waals surface area contributed by atoms with Crippen molar-refractivity contribution in [3.63, 3.8) is 0 Å². The third-order valence-electron chi connectivity index (χ3n) is 4.12. The summed E-state index contributed by atoms with van der Waals surface area (Å²) in [7, 11) is 0. The number of amides is 1. The van der Waals surface area contributed by atoms with Gasteiger partial charge in [-0.3, -0.25) is 4.79 Å². The van der Waals surface area contributed by atoms with E-state index in [0.717, 1.165) is 36.5 Å². The number of carbonyl (C=O) groups excluding carboxylic acids is 1. The van der Waals surface area contributed by atoms with E-state index in [1.807, 2.05) is 47.5 Å². The number of carbonyl (C=O) groups is 1. The van der Waals surface area contributed by atoms with Crippen LogP contribution in [0.3, 0.4) is 0 Å². The molecule has 1 saturated heterocycles. The molecule has 2 heterocycles. The van der Waals surface area contributed by atoms with Crippen LogP contribution in [0.1, 0.15) is 37.8 Å². The molecule has 1 fully saturated rings. The van der Waals surface area contributed by atoms with Crippen LogP contribution in [0.5, 0.6) is 0 Å². The van der Waals surface area contributed by atoms with Gasteiger partial charge in [-0.2, -0.15) is 0 Å². The van der Waals surface area contributed by atoms with Crippen LogP contribution >= 0.6 is 0 Å². The molecule has 1 aliphatic heterocycles. The molecule has 4 heteroatoms. The van der Waals surface area contributed by atoms with Gasteiger partial charge in [0.2, 0.25) is 5.91 Å². The smallest absolute Gasteiger partial charge is 0.219 e. The minimum atomic E-state index is 0.149. The van der Waals surface area contributed by atoms with Crippen molar-refractivity contribution in [3.05, 3.63) is 54.2 Å². The summed E-state index contributed by atoms with van der Waals surface area (Å²) < 4.78 is 0. The number of hydrogen-bond acceptors (Lipinski definition) is 3. The molecule has 1 N–H and O–H groups in total. The maximum absolute atomic E-state index is 11.8. The van der Waals surface area contributed by atoms with Crippen molar-refractivity contribution < 1.29 is 4.79 Å². The number of piperidine rings is 1. The largest absolute Gasteiger partial charge is 0.340 e. The van der Waals surface area contributed by atoms with Gasteiger partial charge in [0.1, 0.15) is 5.82 Å². The summed E-state index contributed by atoms with van der Waals surface area (Å²) in [4.78, 5) is 18.2. The van der Waals surface area contributed by atoms with Gasteiger partial charge in [0.25, 0.3) is 0 Å². The highest BCUT2D eigenvalue weighted by Gasteiger charge is 2.25. The van der Waals surface area contributed by atoms with Gasteiger partial charge in [-0.25, -0.2) is 4.98 Å². The van der Waals surface area contributed by atoms with Crippen LogP contribution in [0.25, 0.3) is 0 Å². The van der Waals surface area contributed by atoms with Crippen molar-refractivity contribution in [2.45, 2.75) is 32.2 Å². The molecule has 0 spiro atoms. The fourth-order valence-corrected chi connectivity index (χ4v) is 3.00. The summed E-state index contributed by atoms with van der Waals surface area (Å²) in [5, 5.41) is 3.28. The van der Waals surface area contributed by atoms with Gasteiger partial charge in [0, 0.05) is 25.4 Å². The molecular formula is C18H21N3O. The van der Waals surface area contributed by atoms with Gasteiger partial charge in [-0.1, -0.05) is 24.3 Å². The highest BCUT2D eigenvalue weighted by molar-refractivity contribution is 5.74. The zero-order valence-electron chi connectivity index (χ0n) is 12.8. The molecule has 4 nitrogen and oxygen atoms in total. The van der Waals surface area contributed by atoms with Crippen LogP contribution < -0.4 is 5.32 Å². The summed E-state index contributed by atoms with van der Waals surface area (Å²) in [6.07, 6.45) is 5.17. The molecule has 0 saturated carbocycles. The third-order valence-corrected chi connectivity index (χ3v) is 4.12. The van der Waals surface area contributed by atoms with Crippen molar-refractivity contribution in [1.82, 2.24) is 9.88 Å². The summed E-state index contributed by atoms with van der Waals surface area (Å²) >= 11 is 0. The van der Waals surface area contributed by atoms with Crippen LogP contribution in [0, 0.1) is 0 Å². The Morgan fingerprint density at radius 2 is 2.00 bits per heavy atom. The second kappa shape index (κ2) is 6.60. The van der Waals surface area contributed by atoms with E-state index in [0.29, 0.717) is 0 Å². The highest BCUT2D eigenvalue weighted by atomic mass is 16.2. The zero-order chi connectivity index (χ0) is 15.4. The average Bonchev–Trinajstić information content (AvgIpc) is 2.56. The lowest BCUT2D eigenvalue weighted by Gasteiger charge is -2.35. The van der Waals surface area contributed by atoms with Crippen molar-refractivity contribution >= 4 is 17.4 Å². The average molecular weight is 295 g/mol. The SMILES string of the molecule is CC(=O)N1CCCC[C@@H]1c1ccc(Nc2ccccc2)nc1. The van der Waals surface area contributed by atoms with E-state index in [4.69, 9.17) is 0 Å². The van der Waals surface area contributed by atoms with E-state index >= 15 is 0 Å². The second-order valence-electron chi connectivity index (χ2n) is 5.69. The fourth-order valence-electron chi connectivity index (χ4n) is 3.00. The van der Waals surface area contributed by atoms with E-state index in [1.165, 1.54) is 6.42 Å². The van der Waals surface area contributed by atoms with Crippen LogP contribution in [-0.2, 0) is 4.79 Å². The number of aromatic nitrogens is 1. The monoisotopic (exact) mass is 295 g/mol. The van der Waals surface area contributed by atoms with E-state index in [1.54, 1.807) is 6.92 Å². The number of hydrogen-bond donors (Lipinski definition) is 1. The van der Waals surface area contributed by atoms with E-state index in [2.05, 4.69) is 16.4 Å². The Morgan fingerprint density at radius 3 is 2.68 bits per heavy atom. The number of nitrogens with zero attached hydrogens (tertiary/aromatic N) is 2. The standard InChI is InChI=1S/C18H21N3O/c1-14(22)21-12-6-5-9-17(21)15-10-11-18(19-13-15)20-16-7-3-2-4-8-16/h2-4,7-8,10-11,13,17H,5-6,9,12H2,1H3,(H,19,20)/t17-/m1/s1. The predicted molar refractivity (Wildman–Crippen MR) is 87.9 cm³/mol. The molecule has 0 radical (unpaired) electrons. The third kappa shape index (κ3) is 3.27. The van der Waals surface area contributed by atoms with Crippen LogP contribution in [0.15, 0.2) is 48.7 Å². The normalized spacial score (nSPS) is 18.0. The molecule has 1 amide bonds. The topological polar surface area (TPSA) is 45.2 Å². The van der Waals surface area contributed by atoms with Gasteiger partial charge in [-0.05, 0) is 43.0 Å². The minimum Gasteiger partial charge on any atom is -0.340 e. The number of likely N-dealkylation sites (tertiary alicyclic amines) is 1. The molecule has 0 bridgehead atoms. The van der Waals surface area contributed by atoms with Gasteiger partial charge in [0.05, 0.1) is 6.04 Å². The molecule has 22 heavy (non-hydrogen) atoms. The molecule has 1 atom stereocenters. The lowest BCUT2D eigenvalue weighted by Crippen LogP contribution is -2.36. The number of nitrogens with one attached hydrogen (secondary N) is 1. The number of benzene rings is 1. The number of para-hydroxylation sites is 1. The summed E-state index contributed by atoms with van der Waals surface area (Å²) in [6, 6.07) is 14.2. The first-order valence-electron chi connectivity index (χ1n) is 7.79. The van der Waals surface area contributed by atoms with E-state index in [9.17, 15) is 4.79 Å². The molecule has 1 aromatic carbocycles. The lowest BCUT2D eigenvalue weighted by molar-refractivity contribution is -0.132. The van der Waals surface area contributed by atoms with Gasteiger partial charge < -0.3 is 10.2 Å². The maximum Gasteiger partial charge on any atom is 0.219 e. The molecule has 1 aromatic heterocycles. The Bertz CT molecular complexity index is 625. The van der Waals surface area contributed by atoms with Gasteiger partial charge >= 0.3 is 0 Å². The zero-order valence-corrected chi connectivity index (χ0v) is 12.8. The molecule has 0 aliphatic carbocycles.